The normalized spacial score (nSPS) is 10.8. The number of anilines is 3. The van der Waals surface area contributed by atoms with Crippen molar-refractivity contribution in [1.29, 1.82) is 0 Å². The van der Waals surface area contributed by atoms with E-state index in [1.54, 1.807) is 6.92 Å². The number of rotatable bonds is 7. The number of ether oxygens (including phenoxy) is 2. The van der Waals surface area contributed by atoms with Gasteiger partial charge in [0.25, 0.3) is 0 Å². The number of hydrogen-bond donors (Lipinski definition) is 2. The molecular weight excluding hydrogens is 420 g/mol. The SMILES string of the molecule is CCOC(=O)c1c(N)nc(Nc2nc(C)c3cc(OCC)ccc3n2)nc1-c1ccccc1. The lowest BCUT2D eigenvalue weighted by Crippen LogP contribution is -2.14. The van der Waals surface area contributed by atoms with Crippen molar-refractivity contribution in [2.75, 3.05) is 24.3 Å². The third-order valence-electron chi connectivity index (χ3n) is 4.86. The van der Waals surface area contributed by atoms with Crippen LogP contribution in [0, 0.1) is 6.92 Å². The van der Waals surface area contributed by atoms with Crippen LogP contribution in [0.15, 0.2) is 48.5 Å². The van der Waals surface area contributed by atoms with E-state index in [-0.39, 0.29) is 23.9 Å². The molecule has 0 unspecified atom stereocenters. The van der Waals surface area contributed by atoms with Crippen molar-refractivity contribution >= 4 is 34.6 Å². The predicted octanol–water partition coefficient (Wildman–Crippen LogP) is 4.30. The predicted molar refractivity (Wildman–Crippen MR) is 127 cm³/mol. The maximum Gasteiger partial charge on any atom is 0.344 e. The van der Waals surface area contributed by atoms with Gasteiger partial charge >= 0.3 is 5.97 Å². The number of benzene rings is 2. The fourth-order valence-electron chi connectivity index (χ4n) is 3.42. The van der Waals surface area contributed by atoms with Gasteiger partial charge in [-0.3, -0.25) is 5.32 Å². The first-order chi connectivity index (χ1) is 16.0. The molecule has 0 bridgehead atoms. The Kier molecular flexibility index (Phi) is 6.30. The molecule has 2 aromatic carbocycles. The highest BCUT2D eigenvalue weighted by molar-refractivity contribution is 6.00. The van der Waals surface area contributed by atoms with Crippen molar-refractivity contribution in [3.05, 3.63) is 59.8 Å². The fraction of sp³-hybridized carbons (Fsp3) is 0.208. The van der Waals surface area contributed by atoms with Gasteiger partial charge in [-0.05, 0) is 39.0 Å². The van der Waals surface area contributed by atoms with Crippen molar-refractivity contribution in [1.82, 2.24) is 19.9 Å². The minimum atomic E-state index is -0.580. The molecule has 0 saturated carbocycles. The monoisotopic (exact) mass is 444 g/mol. The molecule has 0 amide bonds. The van der Waals surface area contributed by atoms with Gasteiger partial charge < -0.3 is 15.2 Å². The van der Waals surface area contributed by atoms with E-state index in [2.05, 4.69) is 25.3 Å². The van der Waals surface area contributed by atoms with E-state index >= 15 is 0 Å². The second-order valence-electron chi connectivity index (χ2n) is 7.11. The summed E-state index contributed by atoms with van der Waals surface area (Å²) in [7, 11) is 0. The molecule has 0 saturated heterocycles. The molecule has 0 radical (unpaired) electrons. The number of aromatic nitrogens is 4. The molecule has 0 atom stereocenters. The molecule has 4 aromatic rings. The van der Waals surface area contributed by atoms with Crippen molar-refractivity contribution in [3.8, 4) is 17.0 Å². The van der Waals surface area contributed by atoms with Crippen LogP contribution in [0.1, 0.15) is 29.9 Å². The molecule has 168 valence electrons. The second-order valence-corrected chi connectivity index (χ2v) is 7.11. The van der Waals surface area contributed by atoms with E-state index in [0.29, 0.717) is 23.8 Å². The van der Waals surface area contributed by atoms with Gasteiger partial charge in [0, 0.05) is 10.9 Å². The maximum atomic E-state index is 12.6. The highest BCUT2D eigenvalue weighted by Crippen LogP contribution is 2.29. The van der Waals surface area contributed by atoms with Crippen molar-refractivity contribution in [2.45, 2.75) is 20.8 Å². The Bertz CT molecular complexity index is 1310. The zero-order valence-corrected chi connectivity index (χ0v) is 18.6. The number of carbonyl (C=O) groups is 1. The van der Waals surface area contributed by atoms with Crippen LogP contribution in [0.3, 0.4) is 0 Å². The lowest BCUT2D eigenvalue weighted by molar-refractivity contribution is 0.0528. The Balaban J connectivity index is 1.75. The van der Waals surface area contributed by atoms with Crippen LogP contribution in [-0.4, -0.2) is 39.1 Å². The molecular formula is C24H24N6O3. The van der Waals surface area contributed by atoms with E-state index in [1.165, 1.54) is 0 Å². The Labute approximate surface area is 191 Å². The summed E-state index contributed by atoms with van der Waals surface area (Å²) >= 11 is 0. The van der Waals surface area contributed by atoms with Crippen molar-refractivity contribution < 1.29 is 14.3 Å². The molecule has 2 aromatic heterocycles. The number of aryl methyl sites for hydroxylation is 1. The van der Waals surface area contributed by atoms with Gasteiger partial charge in [-0.1, -0.05) is 30.3 Å². The average Bonchev–Trinajstić information content (AvgIpc) is 2.80. The van der Waals surface area contributed by atoms with Crippen LogP contribution < -0.4 is 15.8 Å². The van der Waals surface area contributed by atoms with Crippen LogP contribution >= 0.6 is 0 Å². The minimum absolute atomic E-state index is 0.00340. The fourth-order valence-corrected chi connectivity index (χ4v) is 3.42. The molecule has 0 spiro atoms. The Morgan fingerprint density at radius 1 is 0.970 bits per heavy atom. The zero-order chi connectivity index (χ0) is 23.4. The molecule has 0 aliphatic heterocycles. The van der Waals surface area contributed by atoms with Crippen molar-refractivity contribution in [3.63, 3.8) is 0 Å². The number of nitrogen functional groups attached to an aromatic ring is 1. The third-order valence-corrected chi connectivity index (χ3v) is 4.86. The van der Waals surface area contributed by atoms with Gasteiger partial charge in [-0.25, -0.2) is 19.7 Å². The van der Waals surface area contributed by atoms with Gasteiger partial charge in [-0.15, -0.1) is 0 Å². The molecule has 0 fully saturated rings. The Hall–Kier alpha value is -4.27. The summed E-state index contributed by atoms with van der Waals surface area (Å²) in [5.41, 5.74) is 8.86. The number of esters is 1. The smallest absolute Gasteiger partial charge is 0.344 e. The first kappa shape index (κ1) is 21.9. The number of carbonyl (C=O) groups excluding carboxylic acids is 1. The lowest BCUT2D eigenvalue weighted by Gasteiger charge is -2.13. The molecule has 3 N–H and O–H groups in total. The molecule has 33 heavy (non-hydrogen) atoms. The largest absolute Gasteiger partial charge is 0.494 e. The quantitative estimate of drug-likeness (QED) is 0.401. The molecule has 4 rings (SSSR count). The topological polar surface area (TPSA) is 125 Å². The van der Waals surface area contributed by atoms with Crippen LogP contribution in [0.4, 0.5) is 17.7 Å². The van der Waals surface area contributed by atoms with Crippen LogP contribution in [0.25, 0.3) is 22.2 Å². The highest BCUT2D eigenvalue weighted by Gasteiger charge is 2.22. The summed E-state index contributed by atoms with van der Waals surface area (Å²) < 4.78 is 10.7. The van der Waals surface area contributed by atoms with E-state index in [0.717, 1.165) is 22.3 Å². The molecule has 9 nitrogen and oxygen atoms in total. The van der Waals surface area contributed by atoms with Crippen LogP contribution in [-0.2, 0) is 4.74 Å². The molecule has 0 aliphatic rings. The molecule has 9 heteroatoms. The number of hydrogen-bond acceptors (Lipinski definition) is 9. The van der Waals surface area contributed by atoms with Gasteiger partial charge in [0.2, 0.25) is 11.9 Å². The van der Waals surface area contributed by atoms with Gasteiger partial charge in [0.05, 0.1) is 30.1 Å². The molecule has 0 aliphatic carbocycles. The molecule has 2 heterocycles. The van der Waals surface area contributed by atoms with Gasteiger partial charge in [0.15, 0.2) is 0 Å². The summed E-state index contributed by atoms with van der Waals surface area (Å²) in [6, 6.07) is 14.9. The third kappa shape index (κ3) is 4.67. The Morgan fingerprint density at radius 2 is 1.73 bits per heavy atom. The summed E-state index contributed by atoms with van der Waals surface area (Å²) in [5, 5.41) is 3.90. The van der Waals surface area contributed by atoms with Crippen LogP contribution in [0.2, 0.25) is 0 Å². The van der Waals surface area contributed by atoms with E-state index in [1.807, 2.05) is 62.4 Å². The van der Waals surface area contributed by atoms with Gasteiger partial charge in [0.1, 0.15) is 17.1 Å². The summed E-state index contributed by atoms with van der Waals surface area (Å²) in [4.78, 5) is 30.5. The van der Waals surface area contributed by atoms with E-state index < -0.39 is 5.97 Å². The standard InChI is InChI=1S/C24H24N6O3/c1-4-32-16-11-12-18-17(13-16)14(3)26-23(27-18)30-24-28-20(15-9-7-6-8-10-15)19(21(25)29-24)22(31)33-5-2/h6-13H,4-5H2,1-3H3,(H3,25,26,27,28,29,30). The number of nitrogens with two attached hydrogens (primary N) is 1. The van der Waals surface area contributed by atoms with E-state index in [9.17, 15) is 4.79 Å². The lowest BCUT2D eigenvalue weighted by atomic mass is 10.1. The number of nitrogens with one attached hydrogen (secondary N) is 1. The van der Waals surface area contributed by atoms with E-state index in [4.69, 9.17) is 15.2 Å². The number of fused-ring (bicyclic) bond motifs is 1. The summed E-state index contributed by atoms with van der Waals surface area (Å²) in [6.07, 6.45) is 0. The first-order valence-electron chi connectivity index (χ1n) is 10.6. The van der Waals surface area contributed by atoms with Crippen molar-refractivity contribution in [2.24, 2.45) is 0 Å². The van der Waals surface area contributed by atoms with Gasteiger partial charge in [-0.2, -0.15) is 4.98 Å². The summed E-state index contributed by atoms with van der Waals surface area (Å²) in [5.74, 6) is 0.665. The second kappa shape index (κ2) is 9.47. The Morgan fingerprint density at radius 3 is 2.45 bits per heavy atom. The maximum absolute atomic E-state index is 12.6. The van der Waals surface area contributed by atoms with Crippen LogP contribution in [0.5, 0.6) is 5.75 Å². The number of nitrogens with zero attached hydrogens (tertiary/aromatic N) is 4. The average molecular weight is 444 g/mol. The first-order valence-corrected chi connectivity index (χ1v) is 10.6. The summed E-state index contributed by atoms with van der Waals surface area (Å²) in [6.45, 7) is 6.34. The zero-order valence-electron chi connectivity index (χ0n) is 18.6. The highest BCUT2D eigenvalue weighted by atomic mass is 16.5. The minimum Gasteiger partial charge on any atom is -0.494 e.